The average Bonchev–Trinajstić information content (AvgIpc) is 2.38. The molecule has 92 valence electrons. The molecule has 0 atom stereocenters. The third kappa shape index (κ3) is 2.43. The van der Waals surface area contributed by atoms with Gasteiger partial charge < -0.3 is 4.90 Å². The van der Waals surface area contributed by atoms with Gasteiger partial charge in [-0.3, -0.25) is 4.79 Å². The standard InChI is InChI=1S/C16H17NO/c1-12-8-10-14(11-9-12)17(3)16(18)15-7-5-4-6-13(15)2/h4-11H,1-3H3. The molecule has 0 aliphatic heterocycles. The number of rotatable bonds is 2. The van der Waals surface area contributed by atoms with Crippen molar-refractivity contribution in [2.24, 2.45) is 0 Å². The topological polar surface area (TPSA) is 20.3 Å². The lowest BCUT2D eigenvalue weighted by atomic mass is 10.1. The fraction of sp³-hybridized carbons (Fsp3) is 0.188. The summed E-state index contributed by atoms with van der Waals surface area (Å²) < 4.78 is 0. The van der Waals surface area contributed by atoms with E-state index in [1.54, 1.807) is 11.9 Å². The minimum atomic E-state index is 0.0250. The van der Waals surface area contributed by atoms with E-state index in [1.165, 1.54) is 5.56 Å². The number of hydrogen-bond acceptors (Lipinski definition) is 1. The normalized spacial score (nSPS) is 10.2. The first kappa shape index (κ1) is 12.4. The maximum Gasteiger partial charge on any atom is 0.258 e. The van der Waals surface area contributed by atoms with Crippen LogP contribution in [-0.2, 0) is 0 Å². The Labute approximate surface area is 108 Å². The first-order valence-corrected chi connectivity index (χ1v) is 6.00. The molecule has 0 unspecified atom stereocenters. The van der Waals surface area contributed by atoms with Crippen molar-refractivity contribution >= 4 is 11.6 Å². The summed E-state index contributed by atoms with van der Waals surface area (Å²) in [5.74, 6) is 0.0250. The van der Waals surface area contributed by atoms with Crippen LogP contribution < -0.4 is 4.90 Å². The van der Waals surface area contributed by atoms with Crippen LogP contribution in [0.25, 0.3) is 0 Å². The molecule has 0 aliphatic carbocycles. The van der Waals surface area contributed by atoms with Gasteiger partial charge in [-0.25, -0.2) is 0 Å². The number of carbonyl (C=O) groups is 1. The summed E-state index contributed by atoms with van der Waals surface area (Å²) >= 11 is 0. The monoisotopic (exact) mass is 239 g/mol. The van der Waals surface area contributed by atoms with Gasteiger partial charge in [0.05, 0.1) is 0 Å². The summed E-state index contributed by atoms with van der Waals surface area (Å²) in [6.07, 6.45) is 0. The van der Waals surface area contributed by atoms with Crippen molar-refractivity contribution in [3.63, 3.8) is 0 Å². The minimum absolute atomic E-state index is 0.0250. The van der Waals surface area contributed by atoms with E-state index in [4.69, 9.17) is 0 Å². The fourth-order valence-electron chi connectivity index (χ4n) is 1.88. The Kier molecular flexibility index (Phi) is 3.47. The van der Waals surface area contributed by atoms with Crippen molar-refractivity contribution in [3.8, 4) is 0 Å². The van der Waals surface area contributed by atoms with Gasteiger partial charge in [0.15, 0.2) is 0 Å². The van der Waals surface area contributed by atoms with Gasteiger partial charge >= 0.3 is 0 Å². The lowest BCUT2D eigenvalue weighted by molar-refractivity contribution is 0.0992. The number of nitrogens with zero attached hydrogens (tertiary/aromatic N) is 1. The lowest BCUT2D eigenvalue weighted by Gasteiger charge is -2.18. The molecule has 2 nitrogen and oxygen atoms in total. The molecule has 1 amide bonds. The molecular formula is C16H17NO. The van der Waals surface area contributed by atoms with Gasteiger partial charge in [0.25, 0.3) is 5.91 Å². The predicted molar refractivity (Wildman–Crippen MR) is 75.1 cm³/mol. The van der Waals surface area contributed by atoms with Gasteiger partial charge in [0.1, 0.15) is 0 Å². The van der Waals surface area contributed by atoms with Crippen LogP contribution >= 0.6 is 0 Å². The summed E-state index contributed by atoms with van der Waals surface area (Å²) in [5, 5.41) is 0. The number of carbonyl (C=O) groups excluding carboxylic acids is 1. The fourth-order valence-corrected chi connectivity index (χ4v) is 1.88. The van der Waals surface area contributed by atoms with E-state index in [-0.39, 0.29) is 5.91 Å². The molecule has 0 N–H and O–H groups in total. The van der Waals surface area contributed by atoms with Gasteiger partial charge in [-0.15, -0.1) is 0 Å². The molecule has 18 heavy (non-hydrogen) atoms. The van der Waals surface area contributed by atoms with Crippen LogP contribution in [0.5, 0.6) is 0 Å². The number of hydrogen-bond donors (Lipinski definition) is 0. The van der Waals surface area contributed by atoms with Crippen LogP contribution in [0.4, 0.5) is 5.69 Å². The quantitative estimate of drug-likeness (QED) is 0.784. The highest BCUT2D eigenvalue weighted by atomic mass is 16.2. The van der Waals surface area contributed by atoms with E-state index in [2.05, 4.69) is 0 Å². The molecular weight excluding hydrogens is 222 g/mol. The van der Waals surface area contributed by atoms with Crippen LogP contribution in [0.2, 0.25) is 0 Å². The van der Waals surface area contributed by atoms with Gasteiger partial charge in [-0.1, -0.05) is 35.9 Å². The summed E-state index contributed by atoms with van der Waals surface area (Å²) in [6, 6.07) is 15.6. The second kappa shape index (κ2) is 5.05. The molecule has 2 heteroatoms. The third-order valence-corrected chi connectivity index (χ3v) is 3.10. The van der Waals surface area contributed by atoms with Crippen molar-refractivity contribution in [3.05, 3.63) is 65.2 Å². The highest BCUT2D eigenvalue weighted by Crippen LogP contribution is 2.17. The zero-order valence-electron chi connectivity index (χ0n) is 11.0. The molecule has 0 saturated carbocycles. The maximum atomic E-state index is 12.4. The second-order valence-corrected chi connectivity index (χ2v) is 4.51. The zero-order valence-corrected chi connectivity index (χ0v) is 11.0. The van der Waals surface area contributed by atoms with Crippen molar-refractivity contribution in [1.82, 2.24) is 0 Å². The van der Waals surface area contributed by atoms with E-state index in [0.717, 1.165) is 16.8 Å². The molecule has 2 rings (SSSR count). The molecule has 0 spiro atoms. The molecule has 0 aliphatic rings. The summed E-state index contributed by atoms with van der Waals surface area (Å²) in [6.45, 7) is 3.99. The molecule has 2 aromatic rings. The molecule has 0 aromatic heterocycles. The van der Waals surface area contributed by atoms with E-state index in [0.29, 0.717) is 0 Å². The van der Waals surface area contributed by atoms with E-state index < -0.39 is 0 Å². The predicted octanol–water partition coefficient (Wildman–Crippen LogP) is 3.58. The van der Waals surface area contributed by atoms with Gasteiger partial charge in [-0.2, -0.15) is 0 Å². The van der Waals surface area contributed by atoms with Crippen molar-refractivity contribution in [2.45, 2.75) is 13.8 Å². The maximum absolute atomic E-state index is 12.4. The Morgan fingerprint density at radius 1 is 0.944 bits per heavy atom. The second-order valence-electron chi connectivity index (χ2n) is 4.51. The Balaban J connectivity index is 2.29. The van der Waals surface area contributed by atoms with E-state index in [1.807, 2.05) is 62.4 Å². The van der Waals surface area contributed by atoms with E-state index >= 15 is 0 Å². The number of aryl methyl sites for hydroxylation is 2. The lowest BCUT2D eigenvalue weighted by Crippen LogP contribution is -2.26. The summed E-state index contributed by atoms with van der Waals surface area (Å²) in [5.41, 5.74) is 3.85. The SMILES string of the molecule is Cc1ccc(N(C)C(=O)c2ccccc2C)cc1. The van der Waals surface area contributed by atoms with Crippen LogP contribution in [0.3, 0.4) is 0 Å². The number of benzene rings is 2. The third-order valence-electron chi connectivity index (χ3n) is 3.10. The van der Waals surface area contributed by atoms with E-state index in [9.17, 15) is 4.79 Å². The summed E-state index contributed by atoms with van der Waals surface area (Å²) in [7, 11) is 1.80. The molecule has 0 fully saturated rings. The molecule has 0 saturated heterocycles. The minimum Gasteiger partial charge on any atom is -0.311 e. The Morgan fingerprint density at radius 3 is 2.17 bits per heavy atom. The molecule has 0 radical (unpaired) electrons. The average molecular weight is 239 g/mol. The number of anilines is 1. The van der Waals surface area contributed by atoms with Gasteiger partial charge in [-0.05, 0) is 37.6 Å². The van der Waals surface area contributed by atoms with Crippen molar-refractivity contribution in [1.29, 1.82) is 0 Å². The van der Waals surface area contributed by atoms with Crippen LogP contribution in [0, 0.1) is 13.8 Å². The van der Waals surface area contributed by atoms with Crippen LogP contribution in [-0.4, -0.2) is 13.0 Å². The van der Waals surface area contributed by atoms with Crippen molar-refractivity contribution < 1.29 is 4.79 Å². The Bertz CT molecular complexity index is 558. The van der Waals surface area contributed by atoms with Crippen molar-refractivity contribution in [2.75, 3.05) is 11.9 Å². The molecule has 0 bridgehead atoms. The first-order valence-electron chi connectivity index (χ1n) is 6.00. The van der Waals surface area contributed by atoms with Gasteiger partial charge in [0, 0.05) is 18.3 Å². The molecule has 2 aromatic carbocycles. The smallest absolute Gasteiger partial charge is 0.258 e. The Morgan fingerprint density at radius 2 is 1.56 bits per heavy atom. The zero-order chi connectivity index (χ0) is 13.1. The Hall–Kier alpha value is -2.09. The van der Waals surface area contributed by atoms with Gasteiger partial charge in [0.2, 0.25) is 0 Å². The highest BCUT2D eigenvalue weighted by Gasteiger charge is 2.14. The largest absolute Gasteiger partial charge is 0.311 e. The molecule has 0 heterocycles. The number of amides is 1. The first-order chi connectivity index (χ1) is 8.59. The van der Waals surface area contributed by atoms with Crippen LogP contribution in [0.1, 0.15) is 21.5 Å². The summed E-state index contributed by atoms with van der Waals surface area (Å²) in [4.78, 5) is 14.1. The highest BCUT2D eigenvalue weighted by molar-refractivity contribution is 6.06. The van der Waals surface area contributed by atoms with Crippen LogP contribution in [0.15, 0.2) is 48.5 Å².